The van der Waals surface area contributed by atoms with Gasteiger partial charge in [-0.3, -0.25) is 0 Å². The minimum atomic E-state index is -2.05. The molecule has 1 aromatic carbocycles. The van der Waals surface area contributed by atoms with E-state index in [1.807, 2.05) is 0 Å². The summed E-state index contributed by atoms with van der Waals surface area (Å²) in [5, 5.41) is 0. The molecular weight excluding hydrogens is 313 g/mol. The average molecular weight is 330 g/mol. The normalized spacial score (nSPS) is 17.9. The van der Waals surface area contributed by atoms with Crippen LogP contribution in [0.3, 0.4) is 0 Å². The Hall–Kier alpha value is -0.831. The molecule has 0 aromatic heterocycles. The molecule has 0 saturated heterocycles. The maximum atomic E-state index is 4.78. The van der Waals surface area contributed by atoms with Gasteiger partial charge in [-0.25, -0.2) is 0 Å². The first-order valence-corrected chi connectivity index (χ1v) is 16.1. The summed E-state index contributed by atoms with van der Waals surface area (Å²) in [5.74, 6) is 0. The van der Waals surface area contributed by atoms with Crippen molar-refractivity contribution in [3.63, 3.8) is 0 Å². The van der Waals surface area contributed by atoms with E-state index in [9.17, 15) is 0 Å². The first-order valence-electron chi connectivity index (χ1n) is 6.16. The molecular formula is C15H17NSn. The Morgan fingerprint density at radius 1 is 1.12 bits per heavy atom. The van der Waals surface area contributed by atoms with E-state index in [1.54, 1.807) is 3.59 Å². The molecule has 1 nitrogen and oxygen atoms in total. The first-order chi connectivity index (χ1) is 8.07. The van der Waals surface area contributed by atoms with Gasteiger partial charge in [-0.15, -0.1) is 0 Å². The molecule has 1 aliphatic carbocycles. The average Bonchev–Trinajstić information content (AvgIpc) is 2.65. The fourth-order valence-corrected chi connectivity index (χ4v) is 7.28. The quantitative estimate of drug-likeness (QED) is 0.679. The van der Waals surface area contributed by atoms with Gasteiger partial charge in [0.2, 0.25) is 0 Å². The number of allylic oxidation sites excluding steroid dienone is 4. The topological polar surface area (TPSA) is 12.4 Å². The molecule has 0 radical (unpaired) electrons. The van der Waals surface area contributed by atoms with Crippen molar-refractivity contribution in [2.75, 3.05) is 0 Å². The third-order valence-corrected chi connectivity index (χ3v) is 9.19. The van der Waals surface area contributed by atoms with Crippen LogP contribution in [0.25, 0.3) is 5.57 Å². The molecule has 0 saturated carbocycles. The van der Waals surface area contributed by atoms with Crippen LogP contribution in [0.1, 0.15) is 12.0 Å². The van der Waals surface area contributed by atoms with Crippen molar-refractivity contribution in [2.45, 2.75) is 21.2 Å². The van der Waals surface area contributed by atoms with E-state index in [1.165, 1.54) is 16.8 Å². The van der Waals surface area contributed by atoms with Crippen molar-refractivity contribution in [2.24, 2.45) is 4.99 Å². The third-order valence-electron chi connectivity index (χ3n) is 3.39. The molecule has 0 bridgehead atoms. The van der Waals surface area contributed by atoms with Gasteiger partial charge >= 0.3 is 107 Å². The Kier molecular flexibility index (Phi) is 2.54. The summed E-state index contributed by atoms with van der Waals surface area (Å²) < 4.78 is 1.62. The Labute approximate surface area is 107 Å². The molecule has 3 rings (SSSR count). The molecule has 1 aliphatic heterocycles. The Morgan fingerprint density at radius 3 is 2.65 bits per heavy atom. The van der Waals surface area contributed by atoms with E-state index >= 15 is 0 Å². The van der Waals surface area contributed by atoms with Gasteiger partial charge in [-0.05, 0) is 0 Å². The molecule has 2 aliphatic rings. The summed E-state index contributed by atoms with van der Waals surface area (Å²) in [6.07, 6.45) is 5.65. The van der Waals surface area contributed by atoms with Crippen molar-refractivity contribution < 1.29 is 0 Å². The van der Waals surface area contributed by atoms with Gasteiger partial charge in [0.1, 0.15) is 0 Å². The van der Waals surface area contributed by atoms with Crippen LogP contribution in [0.4, 0.5) is 5.69 Å². The van der Waals surface area contributed by atoms with E-state index in [2.05, 4.69) is 51.2 Å². The number of aliphatic imine (C=N–C) groups is 1. The second-order valence-corrected chi connectivity index (χ2v) is 20.1. The summed E-state index contributed by atoms with van der Waals surface area (Å²) >= 11 is -2.05. The zero-order chi connectivity index (χ0) is 12.0. The van der Waals surface area contributed by atoms with Crippen LogP contribution >= 0.6 is 0 Å². The summed E-state index contributed by atoms with van der Waals surface area (Å²) in [4.78, 5) is 12.2. The number of para-hydroxylation sites is 1. The van der Waals surface area contributed by atoms with Gasteiger partial charge in [-0.2, -0.15) is 0 Å². The monoisotopic (exact) mass is 331 g/mol. The summed E-state index contributed by atoms with van der Waals surface area (Å²) in [5.41, 5.74) is 5.27. The van der Waals surface area contributed by atoms with Crippen LogP contribution in [0, 0.1) is 0 Å². The van der Waals surface area contributed by atoms with Gasteiger partial charge in [0.05, 0.1) is 0 Å². The zero-order valence-corrected chi connectivity index (χ0v) is 13.5. The van der Waals surface area contributed by atoms with E-state index in [0.29, 0.717) is 0 Å². The molecule has 17 heavy (non-hydrogen) atoms. The molecule has 2 heteroatoms. The molecule has 0 N–H and O–H groups in total. The van der Waals surface area contributed by atoms with Crippen molar-refractivity contribution in [3.8, 4) is 0 Å². The number of hydrogen-bond acceptors (Lipinski definition) is 1. The number of benzene rings is 1. The number of nitrogens with zero attached hydrogens (tertiary/aromatic N) is 1. The van der Waals surface area contributed by atoms with Gasteiger partial charge in [0, 0.05) is 0 Å². The molecule has 0 fully saturated rings. The molecule has 1 aromatic rings. The molecule has 0 atom stereocenters. The van der Waals surface area contributed by atoms with E-state index < -0.39 is 18.4 Å². The number of fused-ring (bicyclic) bond motifs is 3. The van der Waals surface area contributed by atoms with Crippen LogP contribution in [0.2, 0.25) is 14.8 Å². The predicted molar refractivity (Wildman–Crippen MR) is 77.6 cm³/mol. The van der Waals surface area contributed by atoms with E-state index in [4.69, 9.17) is 4.99 Å². The SMILES string of the molecule is [CH3][Sn]([CH3])([CH3])[C]1=C2C(=Nc3ccccc32)CC=C1. The van der Waals surface area contributed by atoms with Crippen LogP contribution in [-0.2, 0) is 0 Å². The second kappa shape index (κ2) is 3.84. The van der Waals surface area contributed by atoms with Gasteiger partial charge in [0.15, 0.2) is 0 Å². The van der Waals surface area contributed by atoms with E-state index in [-0.39, 0.29) is 0 Å². The number of hydrogen-bond donors (Lipinski definition) is 0. The van der Waals surface area contributed by atoms with Crippen LogP contribution in [0.15, 0.2) is 45.0 Å². The van der Waals surface area contributed by atoms with Gasteiger partial charge in [0.25, 0.3) is 0 Å². The number of rotatable bonds is 1. The van der Waals surface area contributed by atoms with Crippen LogP contribution in [-0.4, -0.2) is 24.1 Å². The van der Waals surface area contributed by atoms with Crippen molar-refractivity contribution in [1.82, 2.24) is 0 Å². The molecule has 1 heterocycles. The summed E-state index contributed by atoms with van der Waals surface area (Å²) in [7, 11) is 0. The molecule has 0 spiro atoms. The fourth-order valence-electron chi connectivity index (χ4n) is 2.58. The predicted octanol–water partition coefficient (Wildman–Crippen LogP) is 4.36. The van der Waals surface area contributed by atoms with E-state index in [0.717, 1.165) is 12.1 Å². The first kappa shape index (κ1) is 11.3. The van der Waals surface area contributed by atoms with Crippen LogP contribution < -0.4 is 0 Å². The summed E-state index contributed by atoms with van der Waals surface area (Å²) in [6.45, 7) is 0. The minimum absolute atomic E-state index is 0.995. The second-order valence-electron chi connectivity index (χ2n) is 5.72. The van der Waals surface area contributed by atoms with Gasteiger partial charge in [-0.1, -0.05) is 0 Å². The van der Waals surface area contributed by atoms with Crippen molar-refractivity contribution >= 4 is 35.3 Å². The third kappa shape index (κ3) is 1.81. The Bertz CT molecular complexity index is 571. The Balaban J connectivity index is 2.28. The fraction of sp³-hybridized carbons (Fsp3) is 0.267. The standard InChI is InChI=1S/C12H8N.3CH3.Sn/c1-3-7-11-9(5-1)10-6-2-4-8-12(10)13-11;;;;/h1-5,7H,8H2;3*1H3;. The van der Waals surface area contributed by atoms with Crippen LogP contribution in [0.5, 0.6) is 0 Å². The van der Waals surface area contributed by atoms with Crippen molar-refractivity contribution in [1.29, 1.82) is 0 Å². The Morgan fingerprint density at radius 2 is 1.88 bits per heavy atom. The maximum absolute atomic E-state index is 4.78. The van der Waals surface area contributed by atoms with Gasteiger partial charge < -0.3 is 0 Å². The van der Waals surface area contributed by atoms with Crippen molar-refractivity contribution in [3.05, 3.63) is 45.6 Å². The molecule has 0 unspecified atom stereocenters. The molecule has 86 valence electrons. The molecule has 0 amide bonds. The summed E-state index contributed by atoms with van der Waals surface area (Å²) in [6, 6.07) is 8.55. The zero-order valence-electron chi connectivity index (χ0n) is 10.6.